The molecule has 7 heteroatoms. The number of nitrogens with one attached hydrogen (secondary N) is 2. The molecule has 1 fully saturated rings. The van der Waals surface area contributed by atoms with Gasteiger partial charge in [0, 0.05) is 37.8 Å². The van der Waals surface area contributed by atoms with Crippen LogP contribution in [0.2, 0.25) is 0 Å². The second-order valence-electron chi connectivity index (χ2n) is 5.35. The summed E-state index contributed by atoms with van der Waals surface area (Å²) in [5, 5.41) is 14.8. The Hall–Kier alpha value is -2.83. The molecule has 2 aromatic heterocycles. The Labute approximate surface area is 126 Å². The Morgan fingerprint density at radius 3 is 2.73 bits per heavy atom. The Morgan fingerprint density at radius 2 is 1.95 bits per heavy atom. The Bertz CT molecular complexity index is 785. The first-order chi connectivity index (χ1) is 10.8. The van der Waals surface area contributed by atoms with Gasteiger partial charge in [0.25, 0.3) is 5.91 Å². The first-order valence-corrected chi connectivity index (χ1v) is 7.29. The predicted octanol–water partition coefficient (Wildman–Crippen LogP) is 1.25. The number of para-hydroxylation sites is 1. The molecule has 0 spiro atoms. The first kappa shape index (κ1) is 12.9. The summed E-state index contributed by atoms with van der Waals surface area (Å²) in [6.45, 7) is 2.97. The maximum atomic E-state index is 12.7. The topological polar surface area (TPSA) is 80.9 Å². The van der Waals surface area contributed by atoms with Crippen molar-refractivity contribution in [2.45, 2.75) is 0 Å². The van der Waals surface area contributed by atoms with Crippen molar-refractivity contribution in [1.29, 1.82) is 0 Å². The summed E-state index contributed by atoms with van der Waals surface area (Å²) in [6.07, 6.45) is 3.68. The molecule has 1 aromatic carbocycles. The van der Waals surface area contributed by atoms with Gasteiger partial charge in [0.15, 0.2) is 5.69 Å². The minimum Gasteiger partial charge on any atom is -0.365 e. The lowest BCUT2D eigenvalue weighted by Gasteiger charge is -2.35. The molecule has 3 heterocycles. The summed E-state index contributed by atoms with van der Waals surface area (Å²) < 4.78 is 0. The van der Waals surface area contributed by atoms with Crippen LogP contribution in [0, 0.1) is 0 Å². The minimum atomic E-state index is -0.00991. The van der Waals surface area contributed by atoms with Crippen molar-refractivity contribution in [2.24, 2.45) is 0 Å². The summed E-state index contributed by atoms with van der Waals surface area (Å²) in [5.41, 5.74) is 2.47. The molecule has 0 unspecified atom stereocenters. The number of fused-ring (bicyclic) bond motifs is 1. The summed E-state index contributed by atoms with van der Waals surface area (Å²) in [6, 6.07) is 7.70. The highest BCUT2D eigenvalue weighted by Gasteiger charge is 2.25. The number of carbonyl (C=O) groups is 1. The van der Waals surface area contributed by atoms with Gasteiger partial charge < -0.3 is 9.80 Å². The highest BCUT2D eigenvalue weighted by molar-refractivity contribution is 6.04. The van der Waals surface area contributed by atoms with E-state index in [2.05, 4.69) is 25.3 Å². The molecule has 1 aliphatic rings. The lowest BCUT2D eigenvalue weighted by molar-refractivity contribution is 0.0743. The van der Waals surface area contributed by atoms with E-state index in [0.717, 1.165) is 29.7 Å². The zero-order chi connectivity index (χ0) is 14.9. The van der Waals surface area contributed by atoms with Crippen LogP contribution in [0.5, 0.6) is 0 Å². The van der Waals surface area contributed by atoms with Gasteiger partial charge in [-0.2, -0.15) is 10.2 Å². The van der Waals surface area contributed by atoms with Crippen LogP contribution in [-0.2, 0) is 0 Å². The van der Waals surface area contributed by atoms with Crippen molar-refractivity contribution in [3.05, 3.63) is 42.4 Å². The van der Waals surface area contributed by atoms with Gasteiger partial charge in [-0.15, -0.1) is 0 Å². The number of H-pyrrole nitrogens is 2. The Balaban J connectivity index is 1.50. The summed E-state index contributed by atoms with van der Waals surface area (Å²) in [7, 11) is 0. The van der Waals surface area contributed by atoms with Crippen molar-refractivity contribution in [3.8, 4) is 0 Å². The highest BCUT2D eigenvalue weighted by Crippen LogP contribution is 2.19. The van der Waals surface area contributed by atoms with Crippen molar-refractivity contribution in [2.75, 3.05) is 31.1 Å². The van der Waals surface area contributed by atoms with Crippen LogP contribution in [0.1, 0.15) is 10.5 Å². The fourth-order valence-electron chi connectivity index (χ4n) is 2.86. The number of hydrogen-bond donors (Lipinski definition) is 2. The van der Waals surface area contributed by atoms with E-state index in [4.69, 9.17) is 0 Å². The third-order valence-electron chi connectivity index (χ3n) is 4.09. The van der Waals surface area contributed by atoms with E-state index in [1.54, 1.807) is 6.20 Å². The maximum absolute atomic E-state index is 12.7. The molecular formula is C15H16N6O. The number of aromatic nitrogens is 4. The predicted molar refractivity (Wildman–Crippen MR) is 82.8 cm³/mol. The maximum Gasteiger partial charge on any atom is 0.275 e. The summed E-state index contributed by atoms with van der Waals surface area (Å²) in [4.78, 5) is 16.8. The third-order valence-corrected chi connectivity index (χ3v) is 4.09. The molecule has 1 saturated heterocycles. The Kier molecular flexibility index (Phi) is 3.03. The van der Waals surface area contributed by atoms with Gasteiger partial charge >= 0.3 is 0 Å². The fourth-order valence-corrected chi connectivity index (χ4v) is 2.86. The minimum absolute atomic E-state index is 0.00991. The molecular weight excluding hydrogens is 280 g/mol. The smallest absolute Gasteiger partial charge is 0.275 e. The molecule has 0 saturated carbocycles. The molecule has 1 aliphatic heterocycles. The quantitative estimate of drug-likeness (QED) is 0.746. The number of aromatic amines is 2. The number of nitrogens with zero attached hydrogens (tertiary/aromatic N) is 4. The number of hydrogen-bond acceptors (Lipinski definition) is 4. The van der Waals surface area contributed by atoms with E-state index in [1.807, 2.05) is 35.4 Å². The van der Waals surface area contributed by atoms with E-state index in [-0.39, 0.29) is 5.91 Å². The Morgan fingerprint density at radius 1 is 1.14 bits per heavy atom. The second-order valence-corrected chi connectivity index (χ2v) is 5.35. The number of anilines is 1. The SMILES string of the molecule is O=C(c1n[nH]c2ccccc12)N1CCN(c2cn[nH]c2)CC1. The molecule has 7 nitrogen and oxygen atoms in total. The van der Waals surface area contributed by atoms with E-state index in [9.17, 15) is 4.79 Å². The molecule has 1 amide bonds. The zero-order valence-electron chi connectivity index (χ0n) is 12.0. The number of amides is 1. The normalized spacial score (nSPS) is 15.5. The van der Waals surface area contributed by atoms with E-state index in [1.165, 1.54) is 0 Å². The van der Waals surface area contributed by atoms with Crippen LogP contribution in [0.25, 0.3) is 10.9 Å². The molecule has 0 radical (unpaired) electrons. The number of benzene rings is 1. The van der Waals surface area contributed by atoms with Gasteiger partial charge in [0.1, 0.15) is 0 Å². The van der Waals surface area contributed by atoms with Crippen LogP contribution in [0.4, 0.5) is 5.69 Å². The van der Waals surface area contributed by atoms with Crippen LogP contribution in [-0.4, -0.2) is 57.4 Å². The van der Waals surface area contributed by atoms with E-state index < -0.39 is 0 Å². The van der Waals surface area contributed by atoms with Crippen LogP contribution < -0.4 is 4.90 Å². The van der Waals surface area contributed by atoms with Gasteiger partial charge in [-0.25, -0.2) is 0 Å². The fraction of sp³-hybridized carbons (Fsp3) is 0.267. The molecule has 3 aromatic rings. The summed E-state index contributed by atoms with van der Waals surface area (Å²) >= 11 is 0. The lowest BCUT2D eigenvalue weighted by atomic mass is 10.2. The average Bonchev–Trinajstić information content (AvgIpc) is 3.24. The van der Waals surface area contributed by atoms with Gasteiger partial charge in [-0.3, -0.25) is 15.0 Å². The monoisotopic (exact) mass is 296 g/mol. The van der Waals surface area contributed by atoms with Gasteiger partial charge in [0.2, 0.25) is 0 Å². The van der Waals surface area contributed by atoms with Gasteiger partial charge in [-0.05, 0) is 6.07 Å². The van der Waals surface area contributed by atoms with Crippen molar-refractivity contribution < 1.29 is 4.79 Å². The van der Waals surface area contributed by atoms with Crippen LogP contribution in [0.15, 0.2) is 36.7 Å². The van der Waals surface area contributed by atoms with Crippen LogP contribution >= 0.6 is 0 Å². The van der Waals surface area contributed by atoms with Crippen molar-refractivity contribution in [3.63, 3.8) is 0 Å². The molecule has 2 N–H and O–H groups in total. The average molecular weight is 296 g/mol. The van der Waals surface area contributed by atoms with E-state index in [0.29, 0.717) is 18.8 Å². The highest BCUT2D eigenvalue weighted by atomic mass is 16.2. The van der Waals surface area contributed by atoms with Gasteiger partial charge in [-0.1, -0.05) is 18.2 Å². The third kappa shape index (κ3) is 2.11. The van der Waals surface area contributed by atoms with E-state index >= 15 is 0 Å². The zero-order valence-corrected chi connectivity index (χ0v) is 12.0. The summed E-state index contributed by atoms with van der Waals surface area (Å²) in [5.74, 6) is -0.00991. The molecule has 0 aliphatic carbocycles. The second kappa shape index (κ2) is 5.18. The lowest BCUT2D eigenvalue weighted by Crippen LogP contribution is -2.48. The first-order valence-electron chi connectivity index (χ1n) is 7.29. The molecule has 4 rings (SSSR count). The van der Waals surface area contributed by atoms with Crippen molar-refractivity contribution >= 4 is 22.5 Å². The standard InChI is InChI=1S/C15H16N6O/c22-15(14-12-3-1-2-4-13(12)18-19-14)21-7-5-20(6-8-21)11-9-16-17-10-11/h1-4,9-10H,5-8H2,(H,16,17)(H,18,19). The molecule has 22 heavy (non-hydrogen) atoms. The van der Waals surface area contributed by atoms with Gasteiger partial charge in [0.05, 0.1) is 17.4 Å². The largest absolute Gasteiger partial charge is 0.365 e. The number of carbonyl (C=O) groups excluding carboxylic acids is 1. The number of piperazine rings is 1. The van der Waals surface area contributed by atoms with Crippen molar-refractivity contribution in [1.82, 2.24) is 25.3 Å². The molecule has 0 atom stereocenters. The molecule has 112 valence electrons. The van der Waals surface area contributed by atoms with Crippen LogP contribution in [0.3, 0.4) is 0 Å². The number of rotatable bonds is 2. The molecule has 0 bridgehead atoms.